The Labute approximate surface area is 136 Å². The van der Waals surface area contributed by atoms with Crippen LogP contribution in [-0.2, 0) is 14.8 Å². The Kier molecular flexibility index (Phi) is 4.68. The molecule has 1 aromatic heterocycles. The van der Waals surface area contributed by atoms with Crippen LogP contribution in [0.2, 0.25) is 0 Å². The van der Waals surface area contributed by atoms with Gasteiger partial charge in [-0.1, -0.05) is 6.07 Å². The van der Waals surface area contributed by atoms with E-state index in [4.69, 9.17) is 28.0 Å². The number of aromatic nitrogens is 1. The monoisotopic (exact) mass is 357 g/mol. The highest BCUT2D eigenvalue weighted by Crippen LogP contribution is 2.28. The third-order valence-corrected chi connectivity index (χ3v) is 4.62. The van der Waals surface area contributed by atoms with Gasteiger partial charge in [0.05, 0.1) is 16.8 Å². The summed E-state index contributed by atoms with van der Waals surface area (Å²) in [6.45, 7) is -0.724. The molecule has 9 nitrogen and oxygen atoms in total. The molecule has 0 radical (unpaired) electrons. The van der Waals surface area contributed by atoms with Gasteiger partial charge < -0.3 is 10.8 Å². The molecule has 0 saturated carbocycles. The predicted octanol–water partition coefficient (Wildman–Crippen LogP) is 0.451. The minimum atomic E-state index is -3.97. The molecule has 0 spiro atoms. The van der Waals surface area contributed by atoms with Gasteiger partial charge in [-0.05, 0) is 12.1 Å². The Balaban J connectivity index is 2.48. The van der Waals surface area contributed by atoms with E-state index >= 15 is 0 Å². The average molecular weight is 358 g/mol. The van der Waals surface area contributed by atoms with Gasteiger partial charge in [-0.25, -0.2) is 12.8 Å². The van der Waals surface area contributed by atoms with Crippen LogP contribution in [0.25, 0.3) is 10.8 Å². The number of carboxylic acids is 1. The molecule has 0 bridgehead atoms. The highest BCUT2D eigenvalue weighted by atomic mass is 35.5. The average Bonchev–Trinajstić information content (AvgIpc) is 2.51. The van der Waals surface area contributed by atoms with Crippen LogP contribution in [0.3, 0.4) is 0 Å². The van der Waals surface area contributed by atoms with Crippen molar-refractivity contribution in [2.24, 2.45) is 5.73 Å². The minimum absolute atomic E-state index is 0.117. The normalized spacial score (nSPS) is 11.3. The van der Waals surface area contributed by atoms with Crippen molar-refractivity contribution < 1.29 is 18.3 Å². The van der Waals surface area contributed by atoms with E-state index in [0.29, 0.717) is 16.5 Å². The molecule has 0 aliphatic carbocycles. The lowest BCUT2D eigenvalue weighted by Gasteiger charge is -2.15. The van der Waals surface area contributed by atoms with E-state index in [9.17, 15) is 13.2 Å². The van der Waals surface area contributed by atoms with Gasteiger partial charge in [0.15, 0.2) is 0 Å². The standard InChI is InChI=1S/C12H12ClN5O4S/c13-18(12(14)15)10-5-16-4-7-3-8(1-2-9(7)10)23(21,22)17-6-11(19)20/h1-5,17H,6H2,(H3,14,15)(H,19,20). The summed E-state index contributed by atoms with van der Waals surface area (Å²) in [5.41, 5.74) is 5.63. The largest absolute Gasteiger partial charge is 0.480 e. The zero-order valence-electron chi connectivity index (χ0n) is 11.5. The maximum Gasteiger partial charge on any atom is 0.318 e. The second-order valence-corrected chi connectivity index (χ2v) is 6.53. The molecular formula is C12H12ClN5O4S. The smallest absolute Gasteiger partial charge is 0.318 e. The number of pyridine rings is 1. The van der Waals surface area contributed by atoms with E-state index in [0.717, 1.165) is 4.42 Å². The first kappa shape index (κ1) is 16.9. The lowest BCUT2D eigenvalue weighted by Crippen LogP contribution is -2.29. The zero-order valence-corrected chi connectivity index (χ0v) is 13.1. The van der Waals surface area contributed by atoms with Crippen molar-refractivity contribution in [3.8, 4) is 0 Å². The summed E-state index contributed by atoms with van der Waals surface area (Å²) in [7, 11) is -3.97. The molecule has 11 heteroatoms. The number of sulfonamides is 1. The number of nitrogens with two attached hydrogens (primary N) is 1. The molecule has 0 fully saturated rings. The predicted molar refractivity (Wildman–Crippen MR) is 84.8 cm³/mol. The number of hydrogen-bond acceptors (Lipinski definition) is 5. The molecule has 1 heterocycles. The van der Waals surface area contributed by atoms with Gasteiger partial charge in [-0.2, -0.15) is 4.72 Å². The molecule has 122 valence electrons. The highest BCUT2D eigenvalue weighted by Gasteiger charge is 2.17. The molecule has 2 aromatic rings. The topological polar surface area (TPSA) is 149 Å². The Bertz CT molecular complexity index is 886. The fraction of sp³-hybridized carbons (Fsp3) is 0.0833. The van der Waals surface area contributed by atoms with Crippen LogP contribution in [0, 0.1) is 5.41 Å². The summed E-state index contributed by atoms with van der Waals surface area (Å²) < 4.78 is 26.9. The van der Waals surface area contributed by atoms with E-state index in [2.05, 4.69) is 4.98 Å². The fourth-order valence-electron chi connectivity index (χ4n) is 1.83. The number of carboxylic acid groups (broad SMARTS) is 1. The summed E-state index contributed by atoms with van der Waals surface area (Å²) in [5, 5.41) is 16.9. The van der Waals surface area contributed by atoms with E-state index in [1.807, 2.05) is 4.72 Å². The van der Waals surface area contributed by atoms with Crippen molar-refractivity contribution in [1.82, 2.24) is 9.71 Å². The van der Waals surface area contributed by atoms with Gasteiger partial charge in [-0.3, -0.25) is 15.2 Å². The maximum atomic E-state index is 12.0. The van der Waals surface area contributed by atoms with Crippen molar-refractivity contribution in [3.63, 3.8) is 0 Å². The second kappa shape index (κ2) is 6.36. The number of guanidine groups is 1. The number of hydrogen-bond donors (Lipinski definition) is 4. The lowest BCUT2D eigenvalue weighted by molar-refractivity contribution is -0.135. The summed E-state index contributed by atoms with van der Waals surface area (Å²) in [4.78, 5) is 14.3. The van der Waals surface area contributed by atoms with Gasteiger partial charge in [0.25, 0.3) is 0 Å². The van der Waals surface area contributed by atoms with Crippen LogP contribution in [0.1, 0.15) is 0 Å². The van der Waals surface area contributed by atoms with Gasteiger partial charge in [0, 0.05) is 28.7 Å². The molecule has 0 atom stereocenters. The number of anilines is 1. The number of rotatable bonds is 5. The second-order valence-electron chi connectivity index (χ2n) is 4.43. The van der Waals surface area contributed by atoms with E-state index < -0.39 is 28.5 Å². The van der Waals surface area contributed by atoms with Crippen LogP contribution in [0.5, 0.6) is 0 Å². The van der Waals surface area contributed by atoms with Crippen LogP contribution >= 0.6 is 11.8 Å². The highest BCUT2D eigenvalue weighted by molar-refractivity contribution is 7.89. The summed E-state index contributed by atoms with van der Waals surface area (Å²) in [6.07, 6.45) is 2.80. The first-order chi connectivity index (χ1) is 10.7. The summed E-state index contributed by atoms with van der Waals surface area (Å²) in [5.74, 6) is -1.71. The van der Waals surface area contributed by atoms with Gasteiger partial charge >= 0.3 is 5.97 Å². The van der Waals surface area contributed by atoms with E-state index in [1.165, 1.54) is 30.6 Å². The third kappa shape index (κ3) is 3.67. The quantitative estimate of drug-likeness (QED) is 0.344. The first-order valence-corrected chi connectivity index (χ1v) is 7.93. The molecule has 0 unspecified atom stereocenters. The molecule has 0 amide bonds. The Morgan fingerprint density at radius 3 is 2.74 bits per heavy atom. The first-order valence-electron chi connectivity index (χ1n) is 6.11. The van der Waals surface area contributed by atoms with Gasteiger partial charge in [0.2, 0.25) is 16.0 Å². The number of fused-ring (bicyclic) bond motifs is 1. The fourth-order valence-corrected chi connectivity index (χ4v) is 2.98. The van der Waals surface area contributed by atoms with Crippen molar-refractivity contribution in [2.45, 2.75) is 4.90 Å². The molecule has 0 aliphatic heterocycles. The van der Waals surface area contributed by atoms with Crippen molar-refractivity contribution in [2.75, 3.05) is 11.0 Å². The van der Waals surface area contributed by atoms with Crippen LogP contribution in [0.4, 0.5) is 5.69 Å². The number of nitrogens with one attached hydrogen (secondary N) is 2. The molecule has 1 aromatic carbocycles. The van der Waals surface area contributed by atoms with Gasteiger partial charge in [-0.15, -0.1) is 0 Å². The molecular weight excluding hydrogens is 346 g/mol. The Morgan fingerprint density at radius 1 is 1.43 bits per heavy atom. The third-order valence-electron chi connectivity index (χ3n) is 2.86. The Hall–Kier alpha value is -2.43. The van der Waals surface area contributed by atoms with E-state index in [1.54, 1.807) is 0 Å². The lowest BCUT2D eigenvalue weighted by atomic mass is 10.1. The Morgan fingerprint density at radius 2 is 2.13 bits per heavy atom. The van der Waals surface area contributed by atoms with Crippen molar-refractivity contribution in [1.29, 1.82) is 5.41 Å². The summed E-state index contributed by atoms with van der Waals surface area (Å²) in [6, 6.07) is 4.09. The number of carbonyl (C=O) groups is 1. The van der Waals surface area contributed by atoms with Crippen LogP contribution in [-0.4, -0.2) is 37.0 Å². The van der Waals surface area contributed by atoms with Gasteiger partial charge in [0.1, 0.15) is 6.54 Å². The number of aliphatic carboxylic acids is 1. The number of halogens is 1. The molecule has 0 aliphatic rings. The van der Waals surface area contributed by atoms with Crippen LogP contribution in [0.15, 0.2) is 35.5 Å². The molecule has 0 saturated heterocycles. The molecule has 5 N–H and O–H groups in total. The van der Waals surface area contributed by atoms with Crippen LogP contribution < -0.4 is 14.9 Å². The summed E-state index contributed by atoms with van der Waals surface area (Å²) >= 11 is 5.88. The SMILES string of the molecule is N=C(N)N(Cl)c1cncc2cc(S(=O)(=O)NCC(=O)O)ccc12. The number of nitrogens with zero attached hydrogens (tertiary/aromatic N) is 2. The zero-order chi connectivity index (χ0) is 17.2. The van der Waals surface area contributed by atoms with Crippen molar-refractivity contribution >= 4 is 50.2 Å². The molecule has 23 heavy (non-hydrogen) atoms. The van der Waals surface area contributed by atoms with Crippen molar-refractivity contribution in [3.05, 3.63) is 30.6 Å². The van der Waals surface area contributed by atoms with E-state index in [-0.39, 0.29) is 4.90 Å². The maximum absolute atomic E-state index is 12.0. The molecule has 2 rings (SSSR count). The minimum Gasteiger partial charge on any atom is -0.480 e. The number of benzene rings is 1.